The van der Waals surface area contributed by atoms with Crippen LogP contribution in [0.25, 0.3) is 0 Å². The highest BCUT2D eigenvalue weighted by Gasteiger charge is 2.02. The third-order valence-electron chi connectivity index (χ3n) is 0.892. The van der Waals surface area contributed by atoms with Crippen molar-refractivity contribution >= 4 is 5.97 Å². The van der Waals surface area contributed by atoms with Crippen LogP contribution in [0.4, 0.5) is 0 Å². The molecule has 0 aromatic rings. The molecule has 0 fully saturated rings. The van der Waals surface area contributed by atoms with Crippen molar-refractivity contribution in [1.29, 1.82) is 0 Å². The zero-order valence-corrected chi connectivity index (χ0v) is 6.51. The standard InChI is InChI=1S/C7H12O3/c1-4-10-7(8)6(2)5-9-3/h5H,4H2,1-3H3/b6-5-. The SMILES string of the molecule is CCOC(=O)/C(C)=C\OC. The molecule has 0 amide bonds. The summed E-state index contributed by atoms with van der Waals surface area (Å²) in [4.78, 5) is 10.8. The van der Waals surface area contributed by atoms with E-state index in [9.17, 15) is 4.79 Å². The Morgan fingerprint density at radius 2 is 2.20 bits per heavy atom. The van der Waals surface area contributed by atoms with E-state index in [1.54, 1.807) is 13.8 Å². The first-order chi connectivity index (χ1) is 4.72. The predicted octanol–water partition coefficient (Wildman–Crippen LogP) is 1.10. The number of esters is 1. The summed E-state index contributed by atoms with van der Waals surface area (Å²) in [7, 11) is 1.49. The summed E-state index contributed by atoms with van der Waals surface area (Å²) in [5, 5.41) is 0. The highest BCUT2D eigenvalue weighted by Crippen LogP contribution is 1.95. The van der Waals surface area contributed by atoms with Gasteiger partial charge in [0.25, 0.3) is 0 Å². The van der Waals surface area contributed by atoms with Gasteiger partial charge in [-0.3, -0.25) is 0 Å². The van der Waals surface area contributed by atoms with Gasteiger partial charge in [-0.15, -0.1) is 0 Å². The van der Waals surface area contributed by atoms with Crippen molar-refractivity contribution in [2.45, 2.75) is 13.8 Å². The smallest absolute Gasteiger partial charge is 0.336 e. The van der Waals surface area contributed by atoms with E-state index in [1.807, 2.05) is 0 Å². The lowest BCUT2D eigenvalue weighted by Gasteiger charge is -1.99. The van der Waals surface area contributed by atoms with Crippen LogP contribution in [0.2, 0.25) is 0 Å². The van der Waals surface area contributed by atoms with Gasteiger partial charge in [-0.05, 0) is 13.8 Å². The summed E-state index contributed by atoms with van der Waals surface area (Å²) < 4.78 is 9.28. The Morgan fingerprint density at radius 1 is 1.60 bits per heavy atom. The van der Waals surface area contributed by atoms with Crippen molar-refractivity contribution in [2.75, 3.05) is 13.7 Å². The summed E-state index contributed by atoms with van der Waals surface area (Å²) in [6, 6.07) is 0. The molecule has 10 heavy (non-hydrogen) atoms. The second-order valence-corrected chi connectivity index (χ2v) is 1.76. The maximum absolute atomic E-state index is 10.8. The van der Waals surface area contributed by atoms with Gasteiger partial charge in [-0.1, -0.05) is 0 Å². The van der Waals surface area contributed by atoms with Gasteiger partial charge in [-0.25, -0.2) is 4.79 Å². The second kappa shape index (κ2) is 4.85. The van der Waals surface area contributed by atoms with Gasteiger partial charge in [0.05, 0.1) is 25.6 Å². The van der Waals surface area contributed by atoms with Gasteiger partial charge in [-0.2, -0.15) is 0 Å². The Balaban J connectivity index is 3.82. The third kappa shape index (κ3) is 3.12. The molecule has 0 aromatic carbocycles. The maximum atomic E-state index is 10.8. The van der Waals surface area contributed by atoms with E-state index in [-0.39, 0.29) is 5.97 Å². The highest BCUT2D eigenvalue weighted by atomic mass is 16.5. The molecule has 0 N–H and O–H groups in total. The molecule has 0 unspecified atom stereocenters. The first-order valence-electron chi connectivity index (χ1n) is 3.09. The molecule has 0 saturated heterocycles. The summed E-state index contributed by atoms with van der Waals surface area (Å²) >= 11 is 0. The summed E-state index contributed by atoms with van der Waals surface area (Å²) in [6.45, 7) is 3.80. The molecule has 0 rings (SSSR count). The minimum Gasteiger partial charge on any atom is -0.504 e. The minimum absolute atomic E-state index is 0.329. The largest absolute Gasteiger partial charge is 0.504 e. The van der Waals surface area contributed by atoms with Crippen molar-refractivity contribution in [1.82, 2.24) is 0 Å². The van der Waals surface area contributed by atoms with Gasteiger partial charge >= 0.3 is 5.97 Å². The van der Waals surface area contributed by atoms with E-state index in [1.165, 1.54) is 13.4 Å². The molecule has 0 aliphatic rings. The molecular weight excluding hydrogens is 132 g/mol. The number of rotatable bonds is 3. The molecule has 0 aliphatic carbocycles. The van der Waals surface area contributed by atoms with Crippen molar-refractivity contribution in [3.63, 3.8) is 0 Å². The highest BCUT2D eigenvalue weighted by molar-refractivity contribution is 5.87. The Bertz CT molecular complexity index is 138. The number of hydrogen-bond donors (Lipinski definition) is 0. The van der Waals surface area contributed by atoms with E-state index >= 15 is 0 Å². The number of carbonyl (C=O) groups excluding carboxylic acids is 1. The van der Waals surface area contributed by atoms with Crippen LogP contribution < -0.4 is 0 Å². The van der Waals surface area contributed by atoms with Crippen LogP contribution in [-0.4, -0.2) is 19.7 Å². The number of ether oxygens (including phenoxy) is 2. The van der Waals surface area contributed by atoms with Gasteiger partial charge in [0, 0.05) is 0 Å². The monoisotopic (exact) mass is 144 g/mol. The van der Waals surface area contributed by atoms with E-state index in [0.29, 0.717) is 12.2 Å². The van der Waals surface area contributed by atoms with Gasteiger partial charge in [0.15, 0.2) is 0 Å². The van der Waals surface area contributed by atoms with Crippen LogP contribution in [-0.2, 0) is 14.3 Å². The number of hydrogen-bond acceptors (Lipinski definition) is 3. The Labute approximate surface area is 60.6 Å². The third-order valence-corrected chi connectivity index (χ3v) is 0.892. The quantitative estimate of drug-likeness (QED) is 0.338. The molecule has 0 bridgehead atoms. The molecule has 0 spiro atoms. The van der Waals surface area contributed by atoms with Crippen LogP contribution in [0, 0.1) is 0 Å². The van der Waals surface area contributed by atoms with E-state index in [0.717, 1.165) is 0 Å². The van der Waals surface area contributed by atoms with Crippen LogP contribution in [0.3, 0.4) is 0 Å². The van der Waals surface area contributed by atoms with Gasteiger partial charge in [0.1, 0.15) is 0 Å². The second-order valence-electron chi connectivity index (χ2n) is 1.76. The van der Waals surface area contributed by atoms with E-state index < -0.39 is 0 Å². The molecule has 3 nitrogen and oxygen atoms in total. The predicted molar refractivity (Wildman–Crippen MR) is 37.4 cm³/mol. The van der Waals surface area contributed by atoms with Crippen LogP contribution in [0.5, 0.6) is 0 Å². The lowest BCUT2D eigenvalue weighted by molar-refractivity contribution is -0.138. The molecule has 0 aromatic heterocycles. The van der Waals surface area contributed by atoms with Gasteiger partial charge in [0.2, 0.25) is 0 Å². The van der Waals surface area contributed by atoms with Crippen molar-refractivity contribution in [3.05, 3.63) is 11.8 Å². The average Bonchev–Trinajstić information content (AvgIpc) is 1.89. The van der Waals surface area contributed by atoms with Crippen molar-refractivity contribution in [3.8, 4) is 0 Å². The zero-order chi connectivity index (χ0) is 7.98. The first-order valence-corrected chi connectivity index (χ1v) is 3.09. The molecule has 0 atom stereocenters. The summed E-state index contributed by atoms with van der Waals surface area (Å²) in [5.74, 6) is -0.329. The van der Waals surface area contributed by atoms with Gasteiger partial charge < -0.3 is 9.47 Å². The fourth-order valence-corrected chi connectivity index (χ4v) is 0.470. The summed E-state index contributed by atoms with van der Waals surface area (Å²) in [5.41, 5.74) is 0.476. The van der Waals surface area contributed by atoms with Crippen molar-refractivity contribution in [2.24, 2.45) is 0 Å². The topological polar surface area (TPSA) is 35.5 Å². The lowest BCUT2D eigenvalue weighted by atomic mass is 10.3. The normalized spacial score (nSPS) is 10.9. The van der Waals surface area contributed by atoms with Crippen LogP contribution >= 0.6 is 0 Å². The van der Waals surface area contributed by atoms with E-state index in [4.69, 9.17) is 0 Å². The molecule has 0 radical (unpaired) electrons. The van der Waals surface area contributed by atoms with Crippen LogP contribution in [0.15, 0.2) is 11.8 Å². The maximum Gasteiger partial charge on any atom is 0.336 e. The Kier molecular flexibility index (Phi) is 4.37. The molecular formula is C7H12O3. The van der Waals surface area contributed by atoms with Crippen LogP contribution in [0.1, 0.15) is 13.8 Å². The van der Waals surface area contributed by atoms with Crippen molar-refractivity contribution < 1.29 is 14.3 Å². The zero-order valence-electron chi connectivity index (χ0n) is 6.51. The first kappa shape index (κ1) is 9.01. The number of methoxy groups -OCH3 is 1. The molecule has 3 heteroatoms. The number of carbonyl (C=O) groups is 1. The molecule has 58 valence electrons. The molecule has 0 saturated carbocycles. The fourth-order valence-electron chi connectivity index (χ4n) is 0.470. The Hall–Kier alpha value is -0.990. The van der Waals surface area contributed by atoms with E-state index in [2.05, 4.69) is 9.47 Å². The minimum atomic E-state index is -0.329. The molecule has 0 aliphatic heterocycles. The fraction of sp³-hybridized carbons (Fsp3) is 0.571. The lowest BCUT2D eigenvalue weighted by Crippen LogP contribution is -2.05. The Morgan fingerprint density at radius 3 is 2.60 bits per heavy atom. The average molecular weight is 144 g/mol. The summed E-state index contributed by atoms with van der Waals surface area (Å²) in [6.07, 6.45) is 1.36. The molecule has 0 heterocycles.